The van der Waals surface area contributed by atoms with Crippen molar-refractivity contribution in [3.8, 4) is 0 Å². The van der Waals surface area contributed by atoms with E-state index in [4.69, 9.17) is 0 Å². The second-order valence-electron chi connectivity index (χ2n) is 6.96. The fourth-order valence-corrected chi connectivity index (χ4v) is 3.45. The molecule has 0 aliphatic carbocycles. The van der Waals surface area contributed by atoms with Crippen molar-refractivity contribution in [1.82, 2.24) is 9.88 Å². The summed E-state index contributed by atoms with van der Waals surface area (Å²) in [5.74, 6) is -0.358. The van der Waals surface area contributed by atoms with Gasteiger partial charge in [-0.2, -0.15) is 0 Å². The zero-order valence-corrected chi connectivity index (χ0v) is 18.2. The van der Waals surface area contributed by atoms with E-state index >= 15 is 0 Å². The minimum absolute atomic E-state index is 0.0984. The first-order valence-corrected chi connectivity index (χ1v) is 10.1. The molecule has 1 aromatic heterocycles. The van der Waals surface area contributed by atoms with E-state index in [2.05, 4.69) is 31.5 Å². The maximum absolute atomic E-state index is 12.7. The van der Waals surface area contributed by atoms with Crippen LogP contribution in [0.2, 0.25) is 0 Å². The van der Waals surface area contributed by atoms with Gasteiger partial charge in [0.1, 0.15) is 0 Å². The second-order valence-corrected chi connectivity index (χ2v) is 7.88. The van der Waals surface area contributed by atoms with Crippen molar-refractivity contribution in [2.24, 2.45) is 0 Å². The molecule has 0 radical (unpaired) electrons. The van der Waals surface area contributed by atoms with E-state index < -0.39 is 6.04 Å². The van der Waals surface area contributed by atoms with E-state index in [1.165, 1.54) is 0 Å². The number of nitrogens with one attached hydrogen (secondary N) is 2. The van der Waals surface area contributed by atoms with Gasteiger partial charge in [-0.1, -0.05) is 22.0 Å². The molecule has 1 heterocycles. The van der Waals surface area contributed by atoms with Gasteiger partial charge in [-0.3, -0.25) is 19.5 Å². The Morgan fingerprint density at radius 3 is 2.66 bits per heavy atom. The average molecular weight is 455 g/mol. The molecule has 3 aromatic rings. The zero-order chi connectivity index (χ0) is 21.0. The third kappa shape index (κ3) is 5.19. The van der Waals surface area contributed by atoms with Gasteiger partial charge < -0.3 is 10.6 Å². The van der Waals surface area contributed by atoms with Crippen LogP contribution in [0.25, 0.3) is 10.9 Å². The number of rotatable bonds is 6. The molecule has 3 rings (SSSR count). The van der Waals surface area contributed by atoms with Gasteiger partial charge in [0.25, 0.3) is 0 Å². The zero-order valence-electron chi connectivity index (χ0n) is 16.6. The van der Waals surface area contributed by atoms with Crippen molar-refractivity contribution in [3.63, 3.8) is 0 Å². The molecule has 1 atom stereocenters. The highest BCUT2D eigenvalue weighted by molar-refractivity contribution is 9.10. The fraction of sp³-hybridized carbons (Fsp3) is 0.227. The molecule has 0 aliphatic heterocycles. The van der Waals surface area contributed by atoms with Crippen LogP contribution in [0.15, 0.2) is 59.2 Å². The minimum Gasteiger partial charge on any atom is -0.325 e. The number of halogens is 1. The summed E-state index contributed by atoms with van der Waals surface area (Å²) in [4.78, 5) is 31.1. The summed E-state index contributed by atoms with van der Waals surface area (Å²) in [5.41, 5.74) is 3.24. The number of hydrogen-bond acceptors (Lipinski definition) is 4. The first kappa shape index (κ1) is 21.0. The van der Waals surface area contributed by atoms with Crippen LogP contribution in [0.5, 0.6) is 0 Å². The van der Waals surface area contributed by atoms with Crippen molar-refractivity contribution in [2.45, 2.75) is 19.9 Å². The van der Waals surface area contributed by atoms with Gasteiger partial charge in [0.15, 0.2) is 0 Å². The first-order valence-electron chi connectivity index (χ1n) is 9.26. The number of hydrogen-bond donors (Lipinski definition) is 2. The molecule has 2 N–H and O–H groups in total. The van der Waals surface area contributed by atoms with Crippen molar-refractivity contribution in [3.05, 3.63) is 64.8 Å². The molecule has 2 amide bonds. The second kappa shape index (κ2) is 9.15. The molecule has 0 saturated heterocycles. The van der Waals surface area contributed by atoms with E-state index in [-0.39, 0.29) is 18.4 Å². The van der Waals surface area contributed by atoms with Crippen LogP contribution in [-0.2, 0) is 9.59 Å². The van der Waals surface area contributed by atoms with Gasteiger partial charge in [-0.15, -0.1) is 0 Å². The Hall–Kier alpha value is -2.77. The SMILES string of the molecule is Cc1cc(Br)ccc1NC(=O)CN(C)[C@H](C)C(=O)Nc1cccc2ncccc12. The quantitative estimate of drug-likeness (QED) is 0.584. The number of benzene rings is 2. The van der Waals surface area contributed by atoms with Crippen molar-refractivity contribution in [1.29, 1.82) is 0 Å². The van der Waals surface area contributed by atoms with E-state index in [0.29, 0.717) is 5.69 Å². The van der Waals surface area contributed by atoms with Crippen LogP contribution >= 0.6 is 15.9 Å². The number of amides is 2. The van der Waals surface area contributed by atoms with Gasteiger partial charge in [0.05, 0.1) is 23.8 Å². The highest BCUT2D eigenvalue weighted by atomic mass is 79.9. The number of carbonyl (C=O) groups is 2. The van der Waals surface area contributed by atoms with Crippen LogP contribution in [-0.4, -0.2) is 41.3 Å². The van der Waals surface area contributed by atoms with Crippen LogP contribution in [0.4, 0.5) is 11.4 Å². The topological polar surface area (TPSA) is 74.3 Å². The molecule has 0 spiro atoms. The Kier molecular flexibility index (Phi) is 6.61. The molecular formula is C22H23BrN4O2. The monoisotopic (exact) mass is 454 g/mol. The molecule has 0 saturated carbocycles. The van der Waals surface area contributed by atoms with Crippen molar-refractivity contribution >= 4 is 50.0 Å². The number of likely N-dealkylation sites (N-methyl/N-ethyl adjacent to an activating group) is 1. The Bertz CT molecular complexity index is 1050. The lowest BCUT2D eigenvalue weighted by atomic mass is 10.1. The van der Waals surface area contributed by atoms with E-state index in [9.17, 15) is 9.59 Å². The summed E-state index contributed by atoms with van der Waals surface area (Å²) >= 11 is 3.41. The van der Waals surface area contributed by atoms with Crippen LogP contribution in [0.1, 0.15) is 12.5 Å². The van der Waals surface area contributed by atoms with Crippen molar-refractivity contribution in [2.75, 3.05) is 24.2 Å². The fourth-order valence-electron chi connectivity index (χ4n) is 2.97. The third-order valence-corrected chi connectivity index (χ3v) is 5.29. The van der Waals surface area contributed by atoms with Crippen molar-refractivity contribution < 1.29 is 9.59 Å². The molecule has 0 aliphatic rings. The Balaban J connectivity index is 1.62. The van der Waals surface area contributed by atoms with Gasteiger partial charge in [-0.25, -0.2) is 0 Å². The van der Waals surface area contributed by atoms with E-state index in [1.807, 2.05) is 55.5 Å². The molecule has 29 heavy (non-hydrogen) atoms. The van der Waals surface area contributed by atoms with E-state index in [1.54, 1.807) is 25.1 Å². The number of pyridine rings is 1. The number of nitrogens with zero attached hydrogens (tertiary/aromatic N) is 2. The first-order chi connectivity index (χ1) is 13.8. The van der Waals surface area contributed by atoms with Crippen LogP contribution in [0, 0.1) is 6.92 Å². The largest absolute Gasteiger partial charge is 0.325 e. The van der Waals surface area contributed by atoms with Gasteiger partial charge in [-0.05, 0) is 68.9 Å². The summed E-state index contributed by atoms with van der Waals surface area (Å²) in [6.45, 7) is 3.80. The smallest absolute Gasteiger partial charge is 0.241 e. The maximum Gasteiger partial charge on any atom is 0.241 e. The minimum atomic E-state index is -0.487. The summed E-state index contributed by atoms with van der Waals surface area (Å²) < 4.78 is 0.957. The Morgan fingerprint density at radius 1 is 1.10 bits per heavy atom. The number of aryl methyl sites for hydroxylation is 1. The predicted octanol–water partition coefficient (Wildman–Crippen LogP) is 4.20. The van der Waals surface area contributed by atoms with E-state index in [0.717, 1.165) is 26.6 Å². The van der Waals surface area contributed by atoms with Crippen LogP contribution < -0.4 is 10.6 Å². The lowest BCUT2D eigenvalue weighted by Crippen LogP contribution is -2.43. The molecular weight excluding hydrogens is 432 g/mol. The number of fused-ring (bicyclic) bond motifs is 1. The molecule has 0 bridgehead atoms. The van der Waals surface area contributed by atoms with Gasteiger partial charge >= 0.3 is 0 Å². The number of anilines is 2. The van der Waals surface area contributed by atoms with Gasteiger partial charge in [0, 0.05) is 21.7 Å². The molecule has 0 unspecified atom stereocenters. The molecule has 150 valence electrons. The summed E-state index contributed by atoms with van der Waals surface area (Å²) in [7, 11) is 1.75. The molecule has 2 aromatic carbocycles. The normalized spacial score (nSPS) is 12.0. The maximum atomic E-state index is 12.7. The highest BCUT2D eigenvalue weighted by Crippen LogP contribution is 2.22. The van der Waals surface area contributed by atoms with Gasteiger partial charge in [0.2, 0.25) is 11.8 Å². The molecule has 7 heteroatoms. The highest BCUT2D eigenvalue weighted by Gasteiger charge is 2.21. The Morgan fingerprint density at radius 2 is 1.90 bits per heavy atom. The number of aromatic nitrogens is 1. The molecule has 0 fully saturated rings. The Labute approximate surface area is 178 Å². The summed E-state index contributed by atoms with van der Waals surface area (Å²) in [6, 6.07) is 14.5. The molecule has 6 nitrogen and oxygen atoms in total. The summed E-state index contributed by atoms with van der Waals surface area (Å²) in [6.07, 6.45) is 1.72. The standard InChI is InChI=1S/C22H23BrN4O2/c1-14-12-16(23)9-10-18(14)25-21(28)13-27(3)15(2)22(29)26-20-8-4-7-19-17(20)6-5-11-24-19/h4-12,15H,13H2,1-3H3,(H,25,28)(H,26,29)/t15-/m1/s1. The van der Waals surface area contributed by atoms with Crippen LogP contribution in [0.3, 0.4) is 0 Å². The predicted molar refractivity (Wildman–Crippen MR) is 120 cm³/mol. The third-order valence-electron chi connectivity index (χ3n) is 4.80. The number of carbonyl (C=O) groups excluding carboxylic acids is 2. The lowest BCUT2D eigenvalue weighted by Gasteiger charge is -2.23. The average Bonchev–Trinajstić information content (AvgIpc) is 2.69. The lowest BCUT2D eigenvalue weighted by molar-refractivity contribution is -0.122. The summed E-state index contributed by atoms with van der Waals surface area (Å²) in [5, 5.41) is 6.72.